The first kappa shape index (κ1) is 11.0. The van der Waals surface area contributed by atoms with Crippen LogP contribution in [0.5, 0.6) is 0 Å². The first-order valence-electron chi connectivity index (χ1n) is 5.55. The molecule has 1 heterocycles. The predicted molar refractivity (Wildman–Crippen MR) is 58.0 cm³/mol. The topological polar surface area (TPSA) is 15.3 Å². The van der Waals surface area contributed by atoms with Crippen molar-refractivity contribution in [3.8, 4) is 0 Å². The zero-order chi connectivity index (χ0) is 9.84. The summed E-state index contributed by atoms with van der Waals surface area (Å²) in [7, 11) is 2.05. The molecule has 0 aromatic rings. The molecule has 0 aliphatic carbocycles. The normalized spacial score (nSPS) is 31.2. The second-order valence-electron chi connectivity index (χ2n) is 4.68. The van der Waals surface area contributed by atoms with Crippen LogP contribution in [0.3, 0.4) is 0 Å². The predicted octanol–water partition coefficient (Wildman–Crippen LogP) is 1.71. The van der Waals surface area contributed by atoms with E-state index in [1.54, 1.807) is 0 Å². The number of likely N-dealkylation sites (tertiary alicyclic amines) is 1. The van der Waals surface area contributed by atoms with Gasteiger partial charge in [0.15, 0.2) is 0 Å². The second kappa shape index (κ2) is 4.97. The SMILES string of the molecule is CNCC1CCC(C)CN1C(C)C. The van der Waals surface area contributed by atoms with Crippen LogP contribution in [0.4, 0.5) is 0 Å². The number of rotatable bonds is 3. The minimum atomic E-state index is 0.695. The van der Waals surface area contributed by atoms with Gasteiger partial charge in [-0.05, 0) is 39.7 Å². The molecule has 0 aromatic heterocycles. The van der Waals surface area contributed by atoms with Crippen molar-refractivity contribution in [1.82, 2.24) is 10.2 Å². The number of nitrogens with zero attached hydrogens (tertiary/aromatic N) is 1. The third-order valence-corrected chi connectivity index (χ3v) is 3.09. The third kappa shape index (κ3) is 2.96. The molecule has 1 rings (SSSR count). The summed E-state index contributed by atoms with van der Waals surface area (Å²) in [6.07, 6.45) is 2.76. The van der Waals surface area contributed by atoms with Crippen molar-refractivity contribution in [3.63, 3.8) is 0 Å². The monoisotopic (exact) mass is 184 g/mol. The summed E-state index contributed by atoms with van der Waals surface area (Å²) >= 11 is 0. The number of nitrogens with one attached hydrogen (secondary N) is 1. The summed E-state index contributed by atoms with van der Waals surface area (Å²) in [5.74, 6) is 0.885. The molecule has 1 fully saturated rings. The molecule has 2 unspecified atom stereocenters. The third-order valence-electron chi connectivity index (χ3n) is 3.09. The van der Waals surface area contributed by atoms with Crippen molar-refractivity contribution in [2.75, 3.05) is 20.1 Å². The number of likely N-dealkylation sites (N-methyl/N-ethyl adjacent to an activating group) is 1. The van der Waals surface area contributed by atoms with E-state index in [1.165, 1.54) is 19.4 Å². The van der Waals surface area contributed by atoms with Gasteiger partial charge >= 0.3 is 0 Å². The first-order valence-corrected chi connectivity index (χ1v) is 5.55. The number of piperidine rings is 1. The van der Waals surface area contributed by atoms with Gasteiger partial charge in [0, 0.05) is 25.2 Å². The molecule has 0 radical (unpaired) electrons. The van der Waals surface area contributed by atoms with E-state index in [4.69, 9.17) is 0 Å². The van der Waals surface area contributed by atoms with E-state index in [2.05, 4.69) is 38.0 Å². The Morgan fingerprint density at radius 2 is 2.08 bits per heavy atom. The van der Waals surface area contributed by atoms with E-state index in [0.717, 1.165) is 18.5 Å². The molecule has 0 amide bonds. The maximum absolute atomic E-state index is 3.30. The molecular weight excluding hydrogens is 160 g/mol. The molecule has 78 valence electrons. The maximum atomic E-state index is 3.30. The van der Waals surface area contributed by atoms with Crippen molar-refractivity contribution < 1.29 is 0 Å². The Kier molecular flexibility index (Phi) is 4.20. The van der Waals surface area contributed by atoms with Crippen LogP contribution in [0.15, 0.2) is 0 Å². The van der Waals surface area contributed by atoms with Crippen molar-refractivity contribution in [1.29, 1.82) is 0 Å². The maximum Gasteiger partial charge on any atom is 0.0223 e. The molecule has 0 aromatic carbocycles. The highest BCUT2D eigenvalue weighted by atomic mass is 15.2. The molecule has 0 spiro atoms. The fourth-order valence-corrected chi connectivity index (χ4v) is 2.33. The Labute approximate surface area is 82.7 Å². The van der Waals surface area contributed by atoms with Crippen LogP contribution >= 0.6 is 0 Å². The lowest BCUT2D eigenvalue weighted by molar-refractivity contribution is 0.0826. The highest BCUT2D eigenvalue weighted by Gasteiger charge is 2.26. The van der Waals surface area contributed by atoms with E-state index >= 15 is 0 Å². The molecule has 2 heteroatoms. The lowest BCUT2D eigenvalue weighted by atomic mass is 9.93. The molecule has 1 aliphatic heterocycles. The summed E-state index contributed by atoms with van der Waals surface area (Å²) < 4.78 is 0. The second-order valence-corrected chi connectivity index (χ2v) is 4.68. The van der Waals surface area contributed by atoms with Crippen LogP contribution in [0.25, 0.3) is 0 Å². The van der Waals surface area contributed by atoms with E-state index in [9.17, 15) is 0 Å². The smallest absolute Gasteiger partial charge is 0.0223 e. The summed E-state index contributed by atoms with van der Waals surface area (Å²) in [5.41, 5.74) is 0. The van der Waals surface area contributed by atoms with Crippen molar-refractivity contribution in [2.24, 2.45) is 5.92 Å². The Morgan fingerprint density at radius 3 is 2.62 bits per heavy atom. The van der Waals surface area contributed by atoms with Gasteiger partial charge in [-0.25, -0.2) is 0 Å². The summed E-state index contributed by atoms with van der Waals surface area (Å²) in [6.45, 7) is 9.40. The van der Waals surface area contributed by atoms with Crippen LogP contribution in [0.1, 0.15) is 33.6 Å². The van der Waals surface area contributed by atoms with Crippen LogP contribution in [0.2, 0.25) is 0 Å². The van der Waals surface area contributed by atoms with Gasteiger partial charge in [-0.15, -0.1) is 0 Å². The molecule has 13 heavy (non-hydrogen) atoms. The van der Waals surface area contributed by atoms with E-state index in [0.29, 0.717) is 6.04 Å². The summed E-state index contributed by atoms with van der Waals surface area (Å²) in [6, 6.07) is 1.46. The van der Waals surface area contributed by atoms with Crippen molar-refractivity contribution in [3.05, 3.63) is 0 Å². The van der Waals surface area contributed by atoms with Gasteiger partial charge in [0.25, 0.3) is 0 Å². The molecule has 2 nitrogen and oxygen atoms in total. The Bertz CT molecular complexity index is 145. The Hall–Kier alpha value is -0.0800. The minimum Gasteiger partial charge on any atom is -0.318 e. The summed E-state index contributed by atoms with van der Waals surface area (Å²) in [5, 5.41) is 3.30. The van der Waals surface area contributed by atoms with Gasteiger partial charge in [0.1, 0.15) is 0 Å². The van der Waals surface area contributed by atoms with Crippen LogP contribution in [-0.4, -0.2) is 37.1 Å². The fraction of sp³-hybridized carbons (Fsp3) is 1.00. The van der Waals surface area contributed by atoms with Gasteiger partial charge < -0.3 is 5.32 Å². The molecule has 1 aliphatic rings. The molecule has 0 saturated carbocycles. The van der Waals surface area contributed by atoms with E-state index in [-0.39, 0.29) is 0 Å². The average molecular weight is 184 g/mol. The molecular formula is C11H24N2. The highest BCUT2D eigenvalue weighted by Crippen LogP contribution is 2.22. The average Bonchev–Trinajstić information content (AvgIpc) is 2.08. The van der Waals surface area contributed by atoms with Gasteiger partial charge in [-0.1, -0.05) is 6.92 Å². The van der Waals surface area contributed by atoms with Gasteiger partial charge in [-0.2, -0.15) is 0 Å². The number of hydrogen-bond donors (Lipinski definition) is 1. The van der Waals surface area contributed by atoms with Crippen molar-refractivity contribution >= 4 is 0 Å². The highest BCUT2D eigenvalue weighted by molar-refractivity contribution is 4.83. The number of hydrogen-bond acceptors (Lipinski definition) is 2. The van der Waals surface area contributed by atoms with Gasteiger partial charge in [-0.3, -0.25) is 4.90 Å². The largest absolute Gasteiger partial charge is 0.318 e. The lowest BCUT2D eigenvalue weighted by Gasteiger charge is -2.41. The summed E-state index contributed by atoms with van der Waals surface area (Å²) in [4.78, 5) is 2.64. The lowest BCUT2D eigenvalue weighted by Crippen LogP contribution is -2.50. The van der Waals surface area contributed by atoms with Crippen LogP contribution in [0, 0.1) is 5.92 Å². The molecule has 0 bridgehead atoms. The zero-order valence-corrected chi connectivity index (χ0v) is 9.51. The van der Waals surface area contributed by atoms with Crippen molar-refractivity contribution in [2.45, 2.75) is 45.7 Å². The molecule has 2 atom stereocenters. The van der Waals surface area contributed by atoms with Crippen LogP contribution < -0.4 is 5.32 Å². The molecule has 1 N–H and O–H groups in total. The standard InChI is InChI=1S/C11H24N2/c1-9(2)13-8-10(3)5-6-11(13)7-12-4/h9-12H,5-8H2,1-4H3. The minimum absolute atomic E-state index is 0.695. The fourth-order valence-electron chi connectivity index (χ4n) is 2.33. The van der Waals surface area contributed by atoms with E-state index < -0.39 is 0 Å². The van der Waals surface area contributed by atoms with Gasteiger partial charge in [0.2, 0.25) is 0 Å². The first-order chi connectivity index (χ1) is 6.15. The quantitative estimate of drug-likeness (QED) is 0.718. The van der Waals surface area contributed by atoms with Gasteiger partial charge in [0.05, 0.1) is 0 Å². The van der Waals surface area contributed by atoms with Crippen LogP contribution in [-0.2, 0) is 0 Å². The molecule has 1 saturated heterocycles. The van der Waals surface area contributed by atoms with E-state index in [1.807, 2.05) is 0 Å². The Morgan fingerprint density at radius 1 is 1.38 bits per heavy atom. The Balaban J connectivity index is 2.50. The zero-order valence-electron chi connectivity index (χ0n) is 9.51.